The summed E-state index contributed by atoms with van der Waals surface area (Å²) in [5, 5.41) is 0.767. The van der Waals surface area contributed by atoms with Gasteiger partial charge in [-0.05, 0) is 23.8 Å². The Bertz CT molecular complexity index is 467. The third-order valence-electron chi connectivity index (χ3n) is 2.02. The summed E-state index contributed by atoms with van der Waals surface area (Å²) in [6.45, 7) is 0. The van der Waals surface area contributed by atoms with E-state index in [0.29, 0.717) is 0 Å². The molecule has 4 heteroatoms. The molecule has 0 N–H and O–H groups in total. The normalized spacial score (nSPS) is 12.7. The van der Waals surface area contributed by atoms with Crippen LogP contribution in [0.4, 0.5) is 0 Å². The number of alkyl halides is 1. The Labute approximate surface area is 111 Å². The fraction of sp³-hybridized carbons (Fsp3) is 0.0909. The van der Waals surface area contributed by atoms with Gasteiger partial charge in [0.25, 0.3) is 0 Å². The molecule has 0 aliphatic heterocycles. The highest BCUT2D eigenvalue weighted by Crippen LogP contribution is 2.39. The summed E-state index contributed by atoms with van der Waals surface area (Å²) in [4.78, 5) is 1.27. The fourth-order valence-corrected chi connectivity index (χ4v) is 3.57. The first kappa shape index (κ1) is 11.5. The van der Waals surface area contributed by atoms with E-state index in [0.717, 1.165) is 19.8 Å². The Morgan fingerprint density at radius 2 is 1.80 bits per heavy atom. The topological polar surface area (TPSA) is 0 Å². The maximum Gasteiger partial charge on any atom is 0.0931 e. The average molecular weight is 322 g/mol. The van der Waals surface area contributed by atoms with Crippen molar-refractivity contribution in [1.82, 2.24) is 0 Å². The quantitative estimate of drug-likeness (QED) is 0.637. The molecule has 78 valence electrons. The summed E-state index contributed by atoms with van der Waals surface area (Å²) in [6, 6.07) is 11.7. The van der Waals surface area contributed by atoms with Crippen LogP contribution in [-0.2, 0) is 0 Å². The predicted molar refractivity (Wildman–Crippen MR) is 71.6 cm³/mol. The first-order chi connectivity index (χ1) is 7.18. The molecule has 0 nitrogen and oxygen atoms in total. The van der Waals surface area contributed by atoms with Gasteiger partial charge in [0.15, 0.2) is 0 Å². The molecule has 0 saturated heterocycles. The minimum atomic E-state index is 0.115. The summed E-state index contributed by atoms with van der Waals surface area (Å²) in [5.74, 6) is 0. The van der Waals surface area contributed by atoms with Gasteiger partial charge in [0.2, 0.25) is 0 Å². The van der Waals surface area contributed by atoms with Crippen LogP contribution in [0, 0.1) is 0 Å². The van der Waals surface area contributed by atoms with Crippen molar-refractivity contribution in [3.63, 3.8) is 0 Å². The molecule has 0 radical (unpaired) electrons. The first-order valence-corrected chi connectivity index (χ1v) is 6.81. The van der Waals surface area contributed by atoms with Crippen molar-refractivity contribution < 1.29 is 0 Å². The van der Waals surface area contributed by atoms with Gasteiger partial charge in [-0.3, -0.25) is 0 Å². The van der Waals surface area contributed by atoms with Crippen molar-refractivity contribution in [2.24, 2.45) is 0 Å². The monoisotopic (exact) mass is 320 g/mol. The minimum Gasteiger partial charge on any atom is -0.127 e. The third kappa shape index (κ3) is 2.56. The van der Waals surface area contributed by atoms with Crippen LogP contribution in [0.15, 0.2) is 36.4 Å². The smallest absolute Gasteiger partial charge is 0.0931 e. The number of hydrogen-bond donors (Lipinski definition) is 0. The molecule has 1 unspecified atom stereocenters. The molecule has 1 aromatic heterocycles. The Balaban J connectivity index is 2.36. The van der Waals surface area contributed by atoms with Gasteiger partial charge in [-0.25, -0.2) is 0 Å². The van der Waals surface area contributed by atoms with Gasteiger partial charge in [0.1, 0.15) is 0 Å². The molecule has 2 rings (SSSR count). The second-order valence-electron chi connectivity index (χ2n) is 3.03. The molecule has 0 spiro atoms. The maximum atomic E-state index is 6.12. The summed E-state index contributed by atoms with van der Waals surface area (Å²) in [6.07, 6.45) is 0. The molecule has 0 aliphatic rings. The molecular weight excluding hydrogens is 315 g/mol. The third-order valence-corrected chi connectivity index (χ3v) is 4.95. The van der Waals surface area contributed by atoms with Gasteiger partial charge in [-0.1, -0.05) is 57.3 Å². The molecule has 1 atom stereocenters. The lowest BCUT2D eigenvalue weighted by Crippen LogP contribution is -1.89. The van der Waals surface area contributed by atoms with E-state index in [1.165, 1.54) is 0 Å². The van der Waals surface area contributed by atoms with E-state index in [1.54, 1.807) is 11.3 Å². The van der Waals surface area contributed by atoms with Crippen molar-refractivity contribution in [1.29, 1.82) is 0 Å². The summed E-state index contributed by atoms with van der Waals surface area (Å²) < 4.78 is 0.793. The van der Waals surface area contributed by atoms with E-state index >= 15 is 0 Å². The lowest BCUT2D eigenvalue weighted by Gasteiger charge is -2.09. The standard InChI is InChI=1S/C11H7BrCl2S/c12-11(9-5-6-10(14)15-9)7-3-1-2-4-8(7)13/h1-6,11H. The van der Waals surface area contributed by atoms with Crippen LogP contribution in [-0.4, -0.2) is 0 Å². The highest BCUT2D eigenvalue weighted by atomic mass is 79.9. The number of thiophene rings is 1. The van der Waals surface area contributed by atoms with Gasteiger partial charge >= 0.3 is 0 Å². The Morgan fingerprint density at radius 3 is 2.40 bits per heavy atom. The van der Waals surface area contributed by atoms with Crippen LogP contribution in [0.3, 0.4) is 0 Å². The van der Waals surface area contributed by atoms with Gasteiger partial charge in [0.05, 0.1) is 9.16 Å². The second kappa shape index (κ2) is 4.88. The van der Waals surface area contributed by atoms with E-state index in [-0.39, 0.29) is 4.83 Å². The molecule has 0 saturated carbocycles. The number of hydrogen-bond acceptors (Lipinski definition) is 1. The Morgan fingerprint density at radius 1 is 1.07 bits per heavy atom. The molecule has 0 aliphatic carbocycles. The number of rotatable bonds is 2. The van der Waals surface area contributed by atoms with Crippen molar-refractivity contribution in [3.8, 4) is 0 Å². The molecular formula is C11H7BrCl2S. The number of halogens is 3. The second-order valence-corrected chi connectivity index (χ2v) is 6.10. The van der Waals surface area contributed by atoms with E-state index < -0.39 is 0 Å². The van der Waals surface area contributed by atoms with Crippen LogP contribution in [0.1, 0.15) is 15.3 Å². The molecule has 2 aromatic rings. The van der Waals surface area contributed by atoms with E-state index in [9.17, 15) is 0 Å². The molecule has 1 heterocycles. The van der Waals surface area contributed by atoms with E-state index in [1.807, 2.05) is 36.4 Å². The lowest BCUT2D eigenvalue weighted by molar-refractivity contribution is 1.23. The van der Waals surface area contributed by atoms with E-state index in [4.69, 9.17) is 23.2 Å². The summed E-state index contributed by atoms with van der Waals surface area (Å²) >= 11 is 17.2. The van der Waals surface area contributed by atoms with Crippen molar-refractivity contribution in [2.75, 3.05) is 0 Å². The Kier molecular flexibility index (Phi) is 3.73. The van der Waals surface area contributed by atoms with Gasteiger partial charge in [0, 0.05) is 9.90 Å². The maximum absolute atomic E-state index is 6.12. The van der Waals surface area contributed by atoms with Crippen LogP contribution >= 0.6 is 50.5 Å². The predicted octanol–water partition coefficient (Wildman–Crippen LogP) is 5.54. The lowest BCUT2D eigenvalue weighted by atomic mass is 10.1. The molecule has 0 bridgehead atoms. The summed E-state index contributed by atoms with van der Waals surface area (Å²) in [7, 11) is 0. The molecule has 1 aromatic carbocycles. The van der Waals surface area contributed by atoms with Crippen molar-refractivity contribution >= 4 is 50.5 Å². The fourth-order valence-electron chi connectivity index (χ4n) is 1.30. The van der Waals surface area contributed by atoms with Gasteiger partial charge in [-0.2, -0.15) is 0 Å². The highest BCUT2D eigenvalue weighted by Gasteiger charge is 2.14. The number of benzene rings is 1. The zero-order chi connectivity index (χ0) is 10.8. The SMILES string of the molecule is Clc1ccc(C(Br)c2ccccc2Cl)s1. The van der Waals surface area contributed by atoms with Crippen LogP contribution in [0.25, 0.3) is 0 Å². The van der Waals surface area contributed by atoms with Crippen LogP contribution < -0.4 is 0 Å². The highest BCUT2D eigenvalue weighted by molar-refractivity contribution is 9.09. The zero-order valence-electron chi connectivity index (χ0n) is 7.58. The molecule has 0 amide bonds. The largest absolute Gasteiger partial charge is 0.127 e. The Hall–Kier alpha value is -0.0200. The van der Waals surface area contributed by atoms with Crippen LogP contribution in [0.2, 0.25) is 9.36 Å². The van der Waals surface area contributed by atoms with Crippen molar-refractivity contribution in [2.45, 2.75) is 4.83 Å². The van der Waals surface area contributed by atoms with E-state index in [2.05, 4.69) is 15.9 Å². The summed E-state index contributed by atoms with van der Waals surface area (Å²) in [5.41, 5.74) is 1.07. The molecule has 0 fully saturated rings. The zero-order valence-corrected chi connectivity index (χ0v) is 11.5. The van der Waals surface area contributed by atoms with Gasteiger partial charge < -0.3 is 0 Å². The molecule has 15 heavy (non-hydrogen) atoms. The van der Waals surface area contributed by atoms with Crippen molar-refractivity contribution in [3.05, 3.63) is 56.2 Å². The first-order valence-electron chi connectivity index (χ1n) is 4.32. The average Bonchev–Trinajstić information content (AvgIpc) is 2.65. The van der Waals surface area contributed by atoms with Crippen LogP contribution in [0.5, 0.6) is 0 Å². The van der Waals surface area contributed by atoms with Gasteiger partial charge in [-0.15, -0.1) is 11.3 Å². The minimum absolute atomic E-state index is 0.115.